The summed E-state index contributed by atoms with van der Waals surface area (Å²) in [6.07, 6.45) is 9.14. The topological polar surface area (TPSA) is 71.1 Å². The van der Waals surface area contributed by atoms with E-state index in [1.165, 1.54) is 45.4 Å². The van der Waals surface area contributed by atoms with Gasteiger partial charge in [0, 0.05) is 29.2 Å². The Bertz CT molecular complexity index is 763. The van der Waals surface area contributed by atoms with Gasteiger partial charge in [-0.1, -0.05) is 25.7 Å². The normalized spacial score (nSPS) is 15.1. The minimum atomic E-state index is -0.259. The van der Waals surface area contributed by atoms with Crippen LogP contribution < -0.4 is 10.6 Å². The highest BCUT2D eigenvalue weighted by Gasteiger charge is 2.14. The molecule has 2 N–H and O–H groups in total. The molecule has 2 aromatic rings. The molecule has 26 heavy (non-hydrogen) atoms. The number of carbonyl (C=O) groups excluding carboxylic acids is 2. The summed E-state index contributed by atoms with van der Waals surface area (Å²) >= 11 is 0. The van der Waals surface area contributed by atoms with E-state index in [2.05, 4.69) is 15.6 Å². The Hall–Kier alpha value is -2.69. The molecule has 1 aliphatic carbocycles. The molecule has 1 amide bonds. The molecule has 3 rings (SSSR count). The van der Waals surface area contributed by atoms with Gasteiger partial charge in [0.25, 0.3) is 5.91 Å². The molecule has 0 aliphatic heterocycles. The van der Waals surface area contributed by atoms with E-state index >= 15 is 0 Å². The third-order valence-corrected chi connectivity index (χ3v) is 4.77. The highest BCUT2D eigenvalue weighted by molar-refractivity contribution is 6.03. The Morgan fingerprint density at radius 3 is 2.31 bits per heavy atom. The predicted molar refractivity (Wildman–Crippen MR) is 104 cm³/mol. The van der Waals surface area contributed by atoms with Crippen LogP contribution in [0, 0.1) is 0 Å². The molecule has 0 unspecified atom stereocenters. The lowest BCUT2D eigenvalue weighted by Gasteiger charge is -2.18. The van der Waals surface area contributed by atoms with E-state index in [0.717, 1.165) is 5.69 Å². The first-order valence-corrected chi connectivity index (χ1v) is 9.27. The van der Waals surface area contributed by atoms with Crippen molar-refractivity contribution in [1.82, 2.24) is 4.98 Å². The number of carbonyl (C=O) groups is 2. The maximum Gasteiger partial charge on any atom is 0.274 e. The van der Waals surface area contributed by atoms with Crippen molar-refractivity contribution in [3.8, 4) is 0 Å². The second kappa shape index (κ2) is 8.61. The van der Waals surface area contributed by atoms with Crippen LogP contribution in [0.4, 0.5) is 11.4 Å². The maximum atomic E-state index is 12.5. The van der Waals surface area contributed by atoms with E-state index in [1.54, 1.807) is 36.5 Å². The quantitative estimate of drug-likeness (QED) is 0.606. The second-order valence-corrected chi connectivity index (χ2v) is 6.85. The lowest BCUT2D eigenvalue weighted by Crippen LogP contribution is -2.19. The van der Waals surface area contributed by atoms with Crippen LogP contribution in [-0.2, 0) is 0 Å². The zero-order chi connectivity index (χ0) is 18.4. The molecule has 136 valence electrons. The zero-order valence-corrected chi connectivity index (χ0v) is 15.1. The van der Waals surface area contributed by atoms with Crippen LogP contribution in [0.5, 0.6) is 0 Å². The average molecular weight is 351 g/mol. The van der Waals surface area contributed by atoms with Gasteiger partial charge < -0.3 is 10.6 Å². The van der Waals surface area contributed by atoms with E-state index in [-0.39, 0.29) is 11.7 Å². The van der Waals surface area contributed by atoms with E-state index in [4.69, 9.17) is 0 Å². The molecule has 0 atom stereocenters. The van der Waals surface area contributed by atoms with Crippen LogP contribution in [0.2, 0.25) is 0 Å². The number of benzene rings is 1. The number of Topliss-reactive ketones (excluding diaryl/α,β-unsaturated/α-hetero) is 1. The summed E-state index contributed by atoms with van der Waals surface area (Å²) in [6, 6.07) is 11.0. The molecule has 0 saturated heterocycles. The van der Waals surface area contributed by atoms with Gasteiger partial charge in [-0.15, -0.1) is 0 Å². The summed E-state index contributed by atoms with van der Waals surface area (Å²) in [5.41, 5.74) is 2.57. The smallest absolute Gasteiger partial charge is 0.274 e. The molecular formula is C21H25N3O2. The van der Waals surface area contributed by atoms with Crippen molar-refractivity contribution in [3.63, 3.8) is 0 Å². The fourth-order valence-corrected chi connectivity index (χ4v) is 3.29. The summed E-state index contributed by atoms with van der Waals surface area (Å²) in [5, 5.41) is 6.37. The van der Waals surface area contributed by atoms with Crippen molar-refractivity contribution in [2.45, 2.75) is 51.5 Å². The van der Waals surface area contributed by atoms with E-state index in [9.17, 15) is 9.59 Å². The lowest BCUT2D eigenvalue weighted by molar-refractivity contribution is 0.101. The number of rotatable bonds is 5. The molecule has 0 radical (unpaired) electrons. The summed E-state index contributed by atoms with van der Waals surface area (Å²) in [5.74, 6) is -0.257. The molecule has 5 heteroatoms. The molecule has 1 fully saturated rings. The number of amides is 1. The van der Waals surface area contributed by atoms with Crippen molar-refractivity contribution in [2.24, 2.45) is 0 Å². The van der Waals surface area contributed by atoms with Gasteiger partial charge in [-0.25, -0.2) is 0 Å². The van der Waals surface area contributed by atoms with Crippen LogP contribution in [-0.4, -0.2) is 22.7 Å². The molecule has 1 heterocycles. The number of nitrogens with one attached hydrogen (secondary N) is 2. The maximum absolute atomic E-state index is 12.5. The van der Waals surface area contributed by atoms with Gasteiger partial charge in [-0.05, 0) is 56.2 Å². The highest BCUT2D eigenvalue weighted by atomic mass is 16.2. The number of anilines is 2. The lowest BCUT2D eigenvalue weighted by atomic mass is 10.1. The number of hydrogen-bond acceptors (Lipinski definition) is 4. The number of hydrogen-bond donors (Lipinski definition) is 2. The molecule has 1 aromatic heterocycles. The Morgan fingerprint density at radius 2 is 1.65 bits per heavy atom. The molecule has 1 aliphatic rings. The van der Waals surface area contributed by atoms with Crippen molar-refractivity contribution in [3.05, 3.63) is 53.9 Å². The zero-order valence-electron chi connectivity index (χ0n) is 15.1. The third-order valence-electron chi connectivity index (χ3n) is 4.77. The molecular weight excluding hydrogens is 326 g/mol. The number of pyridine rings is 1. The fraction of sp³-hybridized carbons (Fsp3) is 0.381. The van der Waals surface area contributed by atoms with Crippen LogP contribution in [0.15, 0.2) is 42.6 Å². The Morgan fingerprint density at radius 1 is 0.962 bits per heavy atom. The number of nitrogens with zero attached hydrogens (tertiary/aromatic N) is 1. The van der Waals surface area contributed by atoms with Crippen LogP contribution in [0.25, 0.3) is 0 Å². The largest absolute Gasteiger partial charge is 0.382 e. The first kappa shape index (κ1) is 18.1. The van der Waals surface area contributed by atoms with E-state index in [1.807, 2.05) is 6.07 Å². The first-order chi connectivity index (χ1) is 12.6. The second-order valence-electron chi connectivity index (χ2n) is 6.85. The minimum absolute atomic E-state index is 0.00170. The summed E-state index contributed by atoms with van der Waals surface area (Å²) < 4.78 is 0. The van der Waals surface area contributed by atoms with Crippen LogP contribution in [0.1, 0.15) is 66.3 Å². The van der Waals surface area contributed by atoms with Crippen molar-refractivity contribution in [1.29, 1.82) is 0 Å². The number of aromatic nitrogens is 1. The van der Waals surface area contributed by atoms with Gasteiger partial charge in [-0.3, -0.25) is 14.6 Å². The summed E-state index contributed by atoms with van der Waals surface area (Å²) in [4.78, 5) is 28.0. The van der Waals surface area contributed by atoms with Gasteiger partial charge in [0.1, 0.15) is 5.69 Å². The van der Waals surface area contributed by atoms with Gasteiger partial charge in [0.15, 0.2) is 5.78 Å². The molecule has 0 bridgehead atoms. The van der Waals surface area contributed by atoms with Crippen molar-refractivity contribution >= 4 is 23.1 Å². The average Bonchev–Trinajstić information content (AvgIpc) is 2.91. The van der Waals surface area contributed by atoms with E-state index < -0.39 is 0 Å². The Kier molecular flexibility index (Phi) is 6.00. The Labute approximate surface area is 154 Å². The van der Waals surface area contributed by atoms with Crippen LogP contribution >= 0.6 is 0 Å². The SMILES string of the molecule is CC(=O)c1ccc(NC(=O)c2cc(NC3CCCCCC3)ccn2)cc1. The predicted octanol–water partition coefficient (Wildman–Crippen LogP) is 4.67. The van der Waals surface area contributed by atoms with Gasteiger partial charge in [-0.2, -0.15) is 0 Å². The monoisotopic (exact) mass is 351 g/mol. The van der Waals surface area contributed by atoms with Crippen molar-refractivity contribution < 1.29 is 9.59 Å². The molecule has 1 aromatic carbocycles. The van der Waals surface area contributed by atoms with Gasteiger partial charge >= 0.3 is 0 Å². The standard InChI is InChI=1S/C21H25N3O2/c1-15(25)16-8-10-18(11-9-16)24-21(26)20-14-19(12-13-22-20)23-17-6-4-2-3-5-7-17/h8-14,17H,2-7H2,1H3,(H,22,23)(H,24,26). The Balaban J connectivity index is 1.64. The van der Waals surface area contributed by atoms with Crippen molar-refractivity contribution in [2.75, 3.05) is 10.6 Å². The van der Waals surface area contributed by atoms with Gasteiger partial charge in [0.05, 0.1) is 0 Å². The molecule has 5 nitrogen and oxygen atoms in total. The highest BCUT2D eigenvalue weighted by Crippen LogP contribution is 2.21. The van der Waals surface area contributed by atoms with Crippen LogP contribution in [0.3, 0.4) is 0 Å². The molecule has 0 spiro atoms. The third kappa shape index (κ3) is 4.91. The molecule has 1 saturated carbocycles. The van der Waals surface area contributed by atoms with Gasteiger partial charge in [0.2, 0.25) is 0 Å². The number of ketones is 1. The minimum Gasteiger partial charge on any atom is -0.382 e. The first-order valence-electron chi connectivity index (χ1n) is 9.27. The summed E-state index contributed by atoms with van der Waals surface area (Å²) in [6.45, 7) is 1.52. The summed E-state index contributed by atoms with van der Waals surface area (Å²) in [7, 11) is 0. The fourth-order valence-electron chi connectivity index (χ4n) is 3.29. The van der Waals surface area contributed by atoms with E-state index in [0.29, 0.717) is 23.0 Å².